The van der Waals surface area contributed by atoms with E-state index in [1.54, 1.807) is 11.4 Å². The van der Waals surface area contributed by atoms with E-state index in [2.05, 4.69) is 5.32 Å². The number of carbonyl (C=O) groups is 2. The lowest BCUT2D eigenvalue weighted by Gasteiger charge is -2.08. The number of carboxylic acids is 1. The summed E-state index contributed by atoms with van der Waals surface area (Å²) in [7, 11) is 1.46. The number of rotatable bonds is 4. The maximum absolute atomic E-state index is 11.6. The van der Waals surface area contributed by atoms with Crippen LogP contribution in [0.15, 0.2) is 11.4 Å². The van der Waals surface area contributed by atoms with E-state index in [-0.39, 0.29) is 0 Å². The van der Waals surface area contributed by atoms with E-state index >= 15 is 0 Å². The van der Waals surface area contributed by atoms with Crippen LogP contribution in [-0.2, 0) is 4.79 Å². The Bertz CT molecular complexity index is 374. The standard InChI is InChI=1S/C9H11NO4S/c1-5(9(12)13)10-8(11)7-6(14-2)3-4-15-7/h3-5H,1-2H3,(H,10,11)(H,12,13)/t5-/m1/s1. The Morgan fingerprint density at radius 1 is 1.60 bits per heavy atom. The van der Waals surface area contributed by atoms with Crippen molar-refractivity contribution in [3.63, 3.8) is 0 Å². The minimum Gasteiger partial charge on any atom is -0.495 e. The van der Waals surface area contributed by atoms with Crippen LogP contribution in [0.25, 0.3) is 0 Å². The van der Waals surface area contributed by atoms with E-state index < -0.39 is 17.9 Å². The predicted molar refractivity (Wildman–Crippen MR) is 55.4 cm³/mol. The lowest BCUT2D eigenvalue weighted by atomic mass is 10.3. The van der Waals surface area contributed by atoms with Gasteiger partial charge in [-0.05, 0) is 18.4 Å². The first-order valence-corrected chi connectivity index (χ1v) is 5.09. The first kappa shape index (κ1) is 11.5. The Balaban J connectivity index is 2.73. The largest absolute Gasteiger partial charge is 0.495 e. The Morgan fingerprint density at radius 2 is 2.27 bits per heavy atom. The molecule has 1 rings (SSSR count). The number of hydrogen-bond donors (Lipinski definition) is 2. The molecule has 15 heavy (non-hydrogen) atoms. The van der Waals surface area contributed by atoms with Gasteiger partial charge in [0.15, 0.2) is 0 Å². The van der Waals surface area contributed by atoms with Crippen LogP contribution < -0.4 is 10.1 Å². The predicted octanol–water partition coefficient (Wildman–Crippen LogP) is 0.960. The molecule has 1 amide bonds. The fourth-order valence-electron chi connectivity index (χ4n) is 0.948. The summed E-state index contributed by atoms with van der Waals surface area (Å²) in [4.78, 5) is 22.5. The molecule has 0 aliphatic carbocycles. The summed E-state index contributed by atoms with van der Waals surface area (Å²) in [6.45, 7) is 1.40. The second-order valence-corrected chi connectivity index (χ2v) is 3.77. The molecule has 0 bridgehead atoms. The lowest BCUT2D eigenvalue weighted by molar-refractivity contribution is -0.138. The van der Waals surface area contributed by atoms with Gasteiger partial charge in [-0.1, -0.05) is 0 Å². The fraction of sp³-hybridized carbons (Fsp3) is 0.333. The van der Waals surface area contributed by atoms with Gasteiger partial charge in [-0.3, -0.25) is 9.59 Å². The molecule has 82 valence electrons. The molecule has 0 spiro atoms. The van der Waals surface area contributed by atoms with Crippen molar-refractivity contribution in [1.82, 2.24) is 5.32 Å². The lowest BCUT2D eigenvalue weighted by Crippen LogP contribution is -2.38. The van der Waals surface area contributed by atoms with Gasteiger partial charge in [0.25, 0.3) is 5.91 Å². The number of methoxy groups -OCH3 is 1. The average Bonchev–Trinajstić information content (AvgIpc) is 2.64. The molecule has 0 saturated carbocycles. The molecule has 1 heterocycles. The van der Waals surface area contributed by atoms with Gasteiger partial charge < -0.3 is 15.2 Å². The van der Waals surface area contributed by atoms with E-state index in [4.69, 9.17) is 9.84 Å². The number of amides is 1. The molecule has 0 unspecified atom stereocenters. The fourth-order valence-corrected chi connectivity index (χ4v) is 1.71. The third-order valence-corrected chi connectivity index (χ3v) is 2.67. The minimum atomic E-state index is -1.07. The summed E-state index contributed by atoms with van der Waals surface area (Å²) < 4.78 is 4.95. The van der Waals surface area contributed by atoms with Crippen LogP contribution in [-0.4, -0.2) is 30.1 Å². The summed E-state index contributed by atoms with van der Waals surface area (Å²) in [6.07, 6.45) is 0. The van der Waals surface area contributed by atoms with Crippen molar-refractivity contribution in [1.29, 1.82) is 0 Å². The third kappa shape index (κ3) is 2.69. The topological polar surface area (TPSA) is 75.6 Å². The van der Waals surface area contributed by atoms with Gasteiger partial charge in [-0.25, -0.2) is 0 Å². The molecule has 0 radical (unpaired) electrons. The molecule has 0 saturated heterocycles. The molecule has 1 aromatic heterocycles. The summed E-state index contributed by atoms with van der Waals surface area (Å²) >= 11 is 1.21. The molecule has 1 aromatic rings. The highest BCUT2D eigenvalue weighted by molar-refractivity contribution is 7.12. The first-order chi connectivity index (χ1) is 7.06. The highest BCUT2D eigenvalue weighted by atomic mass is 32.1. The van der Waals surface area contributed by atoms with Crippen LogP contribution in [0.3, 0.4) is 0 Å². The quantitative estimate of drug-likeness (QED) is 0.806. The number of ether oxygens (including phenoxy) is 1. The molecular formula is C9H11NO4S. The Hall–Kier alpha value is -1.56. The average molecular weight is 229 g/mol. The van der Waals surface area contributed by atoms with Crippen LogP contribution in [0.1, 0.15) is 16.6 Å². The van der Waals surface area contributed by atoms with Crippen LogP contribution in [0, 0.1) is 0 Å². The maximum Gasteiger partial charge on any atom is 0.325 e. The van der Waals surface area contributed by atoms with Crippen molar-refractivity contribution < 1.29 is 19.4 Å². The van der Waals surface area contributed by atoms with Gasteiger partial charge in [0.05, 0.1) is 7.11 Å². The summed E-state index contributed by atoms with van der Waals surface area (Å²) in [5.74, 6) is -1.05. The smallest absolute Gasteiger partial charge is 0.325 e. The van der Waals surface area contributed by atoms with Crippen molar-refractivity contribution in [2.24, 2.45) is 0 Å². The number of hydrogen-bond acceptors (Lipinski definition) is 4. The molecule has 0 aromatic carbocycles. The normalized spacial score (nSPS) is 11.9. The summed E-state index contributed by atoms with van der Waals surface area (Å²) in [5, 5.41) is 12.7. The van der Waals surface area contributed by atoms with Crippen LogP contribution >= 0.6 is 11.3 Å². The van der Waals surface area contributed by atoms with E-state index in [1.807, 2.05) is 0 Å². The zero-order chi connectivity index (χ0) is 11.4. The van der Waals surface area contributed by atoms with Crippen molar-refractivity contribution in [2.45, 2.75) is 13.0 Å². The van der Waals surface area contributed by atoms with Gasteiger partial charge in [-0.15, -0.1) is 11.3 Å². The van der Waals surface area contributed by atoms with Crippen LogP contribution in [0.5, 0.6) is 5.75 Å². The molecule has 5 nitrogen and oxygen atoms in total. The van der Waals surface area contributed by atoms with Crippen molar-refractivity contribution >= 4 is 23.2 Å². The van der Waals surface area contributed by atoms with Crippen LogP contribution in [0.2, 0.25) is 0 Å². The van der Waals surface area contributed by atoms with E-state index in [0.717, 1.165) is 0 Å². The molecule has 2 N–H and O–H groups in total. The van der Waals surface area contributed by atoms with Gasteiger partial charge >= 0.3 is 5.97 Å². The zero-order valence-corrected chi connectivity index (χ0v) is 9.13. The van der Waals surface area contributed by atoms with Crippen molar-refractivity contribution in [2.75, 3.05) is 7.11 Å². The van der Waals surface area contributed by atoms with Crippen molar-refractivity contribution in [3.05, 3.63) is 16.3 Å². The van der Waals surface area contributed by atoms with Gasteiger partial charge in [0.1, 0.15) is 16.7 Å². The number of carbonyl (C=O) groups excluding carboxylic acids is 1. The number of nitrogens with one attached hydrogen (secondary N) is 1. The molecule has 6 heteroatoms. The second-order valence-electron chi connectivity index (χ2n) is 2.85. The molecular weight excluding hydrogens is 218 g/mol. The highest BCUT2D eigenvalue weighted by Crippen LogP contribution is 2.24. The summed E-state index contributed by atoms with van der Waals surface area (Å²) in [5.41, 5.74) is 0. The molecule has 0 aliphatic heterocycles. The van der Waals surface area contributed by atoms with E-state index in [9.17, 15) is 9.59 Å². The number of thiophene rings is 1. The summed E-state index contributed by atoms with van der Waals surface area (Å²) in [6, 6.07) is 0.745. The zero-order valence-electron chi connectivity index (χ0n) is 8.31. The maximum atomic E-state index is 11.6. The Labute approximate surface area is 90.7 Å². The van der Waals surface area contributed by atoms with Crippen molar-refractivity contribution in [3.8, 4) is 5.75 Å². The highest BCUT2D eigenvalue weighted by Gasteiger charge is 2.19. The first-order valence-electron chi connectivity index (χ1n) is 4.21. The van der Waals surface area contributed by atoms with E-state index in [0.29, 0.717) is 10.6 Å². The molecule has 0 aliphatic rings. The third-order valence-electron chi connectivity index (χ3n) is 1.77. The van der Waals surface area contributed by atoms with E-state index in [1.165, 1.54) is 25.4 Å². The van der Waals surface area contributed by atoms with Crippen LogP contribution in [0.4, 0.5) is 0 Å². The van der Waals surface area contributed by atoms with Gasteiger partial charge in [-0.2, -0.15) is 0 Å². The van der Waals surface area contributed by atoms with Gasteiger partial charge in [0.2, 0.25) is 0 Å². The Kier molecular flexibility index (Phi) is 3.68. The SMILES string of the molecule is COc1ccsc1C(=O)N[C@H](C)C(=O)O. The second kappa shape index (κ2) is 4.79. The number of aliphatic carboxylic acids is 1. The molecule has 0 fully saturated rings. The monoisotopic (exact) mass is 229 g/mol. The number of carboxylic acid groups (broad SMARTS) is 1. The van der Waals surface area contributed by atoms with Gasteiger partial charge in [0, 0.05) is 0 Å². The molecule has 1 atom stereocenters. The Morgan fingerprint density at radius 3 is 2.80 bits per heavy atom. The minimum absolute atomic E-state index is 0.380.